The lowest BCUT2D eigenvalue weighted by atomic mass is 9.92. The molecule has 0 spiro atoms. The first-order chi connectivity index (χ1) is 12.6. The Morgan fingerprint density at radius 3 is 2.67 bits per heavy atom. The van der Waals surface area contributed by atoms with Gasteiger partial charge in [-0.15, -0.1) is 0 Å². The summed E-state index contributed by atoms with van der Waals surface area (Å²) in [4.78, 5) is 38.0. The minimum Gasteiger partial charge on any atom is -0.379 e. The van der Waals surface area contributed by atoms with Crippen LogP contribution in [0.4, 0.5) is 4.79 Å². The predicted molar refractivity (Wildman–Crippen MR) is 103 cm³/mol. The van der Waals surface area contributed by atoms with E-state index in [0.717, 1.165) is 4.90 Å². The fourth-order valence-corrected chi connectivity index (χ4v) is 3.33. The van der Waals surface area contributed by atoms with E-state index in [1.165, 1.54) is 6.07 Å². The van der Waals surface area contributed by atoms with E-state index in [-0.39, 0.29) is 17.7 Å². The van der Waals surface area contributed by atoms with Gasteiger partial charge in [0.25, 0.3) is 5.91 Å². The number of carbonyl (C=O) groups excluding carboxylic acids is 3. The number of hydrogen-bond donors (Lipinski definition) is 2. The minimum absolute atomic E-state index is 0.129. The minimum atomic E-state index is -1.36. The molecule has 1 aliphatic heterocycles. The van der Waals surface area contributed by atoms with Gasteiger partial charge in [-0.25, -0.2) is 4.79 Å². The van der Waals surface area contributed by atoms with Crippen LogP contribution in [0, 0.1) is 0 Å². The van der Waals surface area contributed by atoms with Crippen molar-refractivity contribution in [2.45, 2.75) is 38.8 Å². The summed E-state index contributed by atoms with van der Waals surface area (Å²) in [5.41, 5.74) is -0.940. The smallest absolute Gasteiger partial charge is 0.325 e. The lowest BCUT2D eigenvalue weighted by Gasteiger charge is -2.23. The summed E-state index contributed by atoms with van der Waals surface area (Å²) in [6.07, 6.45) is 0.770. The monoisotopic (exact) mass is 415 g/mol. The molecule has 0 radical (unpaired) electrons. The maximum Gasteiger partial charge on any atom is 0.325 e. The molecule has 2 rings (SSSR count). The van der Waals surface area contributed by atoms with Crippen molar-refractivity contribution in [3.05, 3.63) is 33.8 Å². The van der Waals surface area contributed by atoms with Gasteiger partial charge >= 0.3 is 6.03 Å². The van der Waals surface area contributed by atoms with E-state index >= 15 is 0 Å². The van der Waals surface area contributed by atoms with E-state index < -0.39 is 23.4 Å². The zero-order valence-corrected chi connectivity index (χ0v) is 17.0. The van der Waals surface area contributed by atoms with Crippen molar-refractivity contribution in [1.82, 2.24) is 15.5 Å². The van der Waals surface area contributed by atoms with Gasteiger partial charge in [-0.2, -0.15) is 0 Å². The zero-order chi connectivity index (χ0) is 20.2. The Labute approximate surface area is 168 Å². The van der Waals surface area contributed by atoms with Crippen molar-refractivity contribution in [3.8, 4) is 0 Å². The lowest BCUT2D eigenvalue weighted by Crippen LogP contribution is -2.43. The van der Waals surface area contributed by atoms with Gasteiger partial charge in [0.1, 0.15) is 12.1 Å². The van der Waals surface area contributed by atoms with Crippen molar-refractivity contribution in [2.24, 2.45) is 0 Å². The Morgan fingerprint density at radius 2 is 2.04 bits per heavy atom. The van der Waals surface area contributed by atoms with Crippen molar-refractivity contribution in [1.29, 1.82) is 0 Å². The van der Waals surface area contributed by atoms with E-state index in [4.69, 9.17) is 27.9 Å². The first-order valence-corrected chi connectivity index (χ1v) is 9.38. The van der Waals surface area contributed by atoms with Crippen LogP contribution in [0.5, 0.6) is 0 Å². The molecule has 1 aromatic rings. The Bertz CT molecular complexity index is 741. The molecule has 0 aliphatic carbocycles. The highest BCUT2D eigenvalue weighted by Crippen LogP contribution is 2.34. The Kier molecular flexibility index (Phi) is 7.08. The number of hydrogen-bond acceptors (Lipinski definition) is 4. The van der Waals surface area contributed by atoms with Crippen LogP contribution in [-0.2, 0) is 19.9 Å². The van der Waals surface area contributed by atoms with Crippen LogP contribution in [-0.4, -0.2) is 48.5 Å². The highest BCUT2D eigenvalue weighted by molar-refractivity contribution is 6.35. The molecule has 1 saturated heterocycles. The van der Waals surface area contributed by atoms with Crippen molar-refractivity contribution in [2.75, 3.05) is 19.7 Å². The molecule has 0 bridgehead atoms. The summed E-state index contributed by atoms with van der Waals surface area (Å²) in [5, 5.41) is 5.96. The van der Waals surface area contributed by atoms with E-state index in [1.807, 2.05) is 13.8 Å². The van der Waals surface area contributed by atoms with Crippen LogP contribution in [0.3, 0.4) is 0 Å². The molecule has 1 aliphatic rings. The number of nitrogens with zero attached hydrogens (tertiary/aromatic N) is 1. The number of amides is 4. The van der Waals surface area contributed by atoms with Crippen LogP contribution in [0.15, 0.2) is 18.2 Å². The van der Waals surface area contributed by atoms with Gasteiger partial charge in [0.2, 0.25) is 5.91 Å². The molecule has 0 aromatic heterocycles. The quantitative estimate of drug-likeness (QED) is 0.504. The molecule has 1 aromatic carbocycles. The third-order valence-corrected chi connectivity index (χ3v) is 4.69. The topological polar surface area (TPSA) is 87.7 Å². The van der Waals surface area contributed by atoms with E-state index in [1.54, 1.807) is 19.1 Å². The molecule has 7 nitrogen and oxygen atoms in total. The molecular weight excluding hydrogens is 393 g/mol. The Morgan fingerprint density at radius 1 is 1.33 bits per heavy atom. The van der Waals surface area contributed by atoms with Gasteiger partial charge in [0.05, 0.1) is 6.10 Å². The highest BCUT2D eigenvalue weighted by atomic mass is 35.5. The molecule has 1 fully saturated rings. The predicted octanol–water partition coefficient (Wildman–Crippen LogP) is 2.69. The standard InChI is InChI=1S/C18H23Cl2N3O4/c1-11(2)27-8-4-7-21-15(24)10-23-16(25)18(3,22-17(23)26)13-6-5-12(19)9-14(13)20/h5-6,9,11H,4,7-8,10H2,1-3H3,(H,21,24)(H,22,26)/t18-/m1/s1. The number of rotatable bonds is 8. The molecule has 1 atom stereocenters. The molecule has 148 valence electrons. The number of nitrogens with one attached hydrogen (secondary N) is 2. The van der Waals surface area contributed by atoms with Gasteiger partial charge in [-0.1, -0.05) is 29.3 Å². The Hall–Kier alpha value is -1.83. The number of imide groups is 1. The van der Waals surface area contributed by atoms with E-state index in [0.29, 0.717) is 30.2 Å². The van der Waals surface area contributed by atoms with Crippen molar-refractivity contribution < 1.29 is 19.1 Å². The molecule has 0 unspecified atom stereocenters. The zero-order valence-electron chi connectivity index (χ0n) is 15.5. The average molecular weight is 416 g/mol. The van der Waals surface area contributed by atoms with Crippen LogP contribution in [0.2, 0.25) is 10.0 Å². The lowest BCUT2D eigenvalue weighted by molar-refractivity contribution is -0.134. The maximum atomic E-state index is 12.8. The molecular formula is C18H23Cl2N3O4. The second kappa shape index (κ2) is 8.91. The van der Waals surface area contributed by atoms with Crippen LogP contribution >= 0.6 is 23.2 Å². The normalized spacial score (nSPS) is 19.6. The second-order valence-electron chi connectivity index (χ2n) is 6.69. The van der Waals surface area contributed by atoms with Gasteiger partial charge in [0, 0.05) is 28.8 Å². The first-order valence-electron chi connectivity index (χ1n) is 8.63. The summed E-state index contributed by atoms with van der Waals surface area (Å²) < 4.78 is 5.39. The fourth-order valence-electron chi connectivity index (χ4n) is 2.74. The number of halogens is 2. The molecule has 9 heteroatoms. The maximum absolute atomic E-state index is 12.8. The average Bonchev–Trinajstić information content (AvgIpc) is 2.78. The summed E-state index contributed by atoms with van der Waals surface area (Å²) >= 11 is 12.1. The van der Waals surface area contributed by atoms with Gasteiger partial charge in [-0.05, 0) is 39.3 Å². The summed E-state index contributed by atoms with van der Waals surface area (Å²) in [7, 11) is 0. The third-order valence-electron chi connectivity index (χ3n) is 4.14. The van der Waals surface area contributed by atoms with Crippen LogP contribution < -0.4 is 10.6 Å². The highest BCUT2D eigenvalue weighted by Gasteiger charge is 2.50. The van der Waals surface area contributed by atoms with Gasteiger partial charge in [0.15, 0.2) is 0 Å². The Balaban J connectivity index is 1.98. The largest absolute Gasteiger partial charge is 0.379 e. The fraction of sp³-hybridized carbons (Fsp3) is 0.500. The molecule has 2 N–H and O–H groups in total. The molecule has 0 saturated carbocycles. The first kappa shape index (κ1) is 21.5. The summed E-state index contributed by atoms with van der Waals surface area (Å²) in [5.74, 6) is -0.968. The van der Waals surface area contributed by atoms with E-state index in [2.05, 4.69) is 10.6 Å². The number of carbonyl (C=O) groups is 3. The summed E-state index contributed by atoms with van der Waals surface area (Å²) in [6.45, 7) is 5.96. The van der Waals surface area contributed by atoms with Gasteiger partial charge in [-0.3, -0.25) is 14.5 Å². The number of urea groups is 1. The van der Waals surface area contributed by atoms with Crippen LogP contribution in [0.1, 0.15) is 32.8 Å². The third kappa shape index (κ3) is 5.12. The second-order valence-corrected chi connectivity index (χ2v) is 7.54. The van der Waals surface area contributed by atoms with E-state index in [9.17, 15) is 14.4 Å². The SMILES string of the molecule is CC(C)OCCCNC(=O)CN1C(=O)N[C@](C)(c2ccc(Cl)cc2Cl)C1=O. The van der Waals surface area contributed by atoms with Crippen molar-refractivity contribution >= 4 is 41.0 Å². The van der Waals surface area contributed by atoms with Gasteiger partial charge < -0.3 is 15.4 Å². The molecule has 27 heavy (non-hydrogen) atoms. The summed E-state index contributed by atoms with van der Waals surface area (Å²) in [6, 6.07) is 4.02. The van der Waals surface area contributed by atoms with Crippen molar-refractivity contribution in [3.63, 3.8) is 0 Å². The molecule has 4 amide bonds. The van der Waals surface area contributed by atoms with Crippen LogP contribution in [0.25, 0.3) is 0 Å². The number of benzene rings is 1. The molecule has 1 heterocycles. The number of ether oxygens (including phenoxy) is 1.